The van der Waals surface area contributed by atoms with Crippen LogP contribution in [0.5, 0.6) is 0 Å². The van der Waals surface area contributed by atoms with Crippen LogP contribution in [-0.2, 0) is 65.4 Å². The minimum absolute atomic E-state index is 0. The van der Waals surface area contributed by atoms with E-state index in [1.54, 1.807) is 0 Å². The summed E-state index contributed by atoms with van der Waals surface area (Å²) in [5, 5.41) is 0. The van der Waals surface area contributed by atoms with Crippen LogP contribution >= 0.6 is 0 Å². The van der Waals surface area contributed by atoms with E-state index in [2.05, 4.69) is 26.0 Å². The number of rotatable bonds is 0. The van der Waals surface area contributed by atoms with Crippen molar-refractivity contribution in [3.63, 3.8) is 0 Å². The molecular weight excluding hydrogens is 576 g/mol. The minimum atomic E-state index is 0. The second kappa shape index (κ2) is 22.9. The van der Waals surface area contributed by atoms with E-state index in [9.17, 15) is 0 Å². The molecule has 0 aliphatic carbocycles. The maximum absolute atomic E-state index is 3.56. The molecule has 0 aliphatic heterocycles. The van der Waals surface area contributed by atoms with Crippen LogP contribution in [0.2, 0.25) is 0 Å². The van der Waals surface area contributed by atoms with Crippen LogP contribution in [0.1, 0.15) is 27.7 Å². The van der Waals surface area contributed by atoms with Gasteiger partial charge in [0.2, 0.25) is 0 Å². The molecule has 0 saturated carbocycles. The Bertz CT molecular complexity index is 105. The van der Waals surface area contributed by atoms with Gasteiger partial charge in [-0.2, -0.15) is 0 Å². The summed E-state index contributed by atoms with van der Waals surface area (Å²) in [5.74, 6) is 0. The quantitative estimate of drug-likeness (QED) is 0.380. The molecule has 3 heteroatoms. The van der Waals surface area contributed by atoms with Crippen LogP contribution in [0.4, 0.5) is 0 Å². The normalized spacial score (nSPS) is 9.23. The molecule has 0 bridgehead atoms. The zero-order valence-electron chi connectivity index (χ0n) is 9.28. The first-order chi connectivity index (χ1) is 4.54. The molecule has 0 nitrogen and oxygen atoms in total. The summed E-state index contributed by atoms with van der Waals surface area (Å²) < 4.78 is 0. The molecule has 0 fully saturated rings. The molecule has 0 heterocycles. The topological polar surface area (TPSA) is 0 Å². The predicted octanol–water partition coefficient (Wildman–Crippen LogP) is 3.17. The van der Waals surface area contributed by atoms with Crippen LogP contribution in [-0.4, -0.2) is 0 Å². The molecule has 0 rings (SSSR count). The van der Waals surface area contributed by atoms with Crippen molar-refractivity contribution in [2.75, 3.05) is 0 Å². The van der Waals surface area contributed by atoms with Crippen LogP contribution in [0.3, 0.4) is 0 Å². The SMILES string of the molecule is [CH2-]C(C)=[C-]C.[CH2-]C(C)=[C-]C.[Mt].[Y].[Y]. The Balaban J connectivity index is -0.0000000267. The molecule has 0 saturated heterocycles. The third kappa shape index (κ3) is 68.9. The van der Waals surface area contributed by atoms with E-state index in [1.807, 2.05) is 27.7 Å². The van der Waals surface area contributed by atoms with E-state index in [0.717, 1.165) is 11.1 Å². The number of hydrogen-bond acceptors (Lipinski definition) is 0. The average Bonchev–Trinajstić information content (AvgIpc) is 1.89. The molecule has 0 aromatic rings. The van der Waals surface area contributed by atoms with Crippen molar-refractivity contribution in [2.45, 2.75) is 27.7 Å². The standard InChI is InChI=1S/2C5H8.Mt.2Y/c2*1-4-5(2)3;;;/h2*2H2,1,3H3;;;/q2*-2;;;. The van der Waals surface area contributed by atoms with E-state index >= 15 is 0 Å². The van der Waals surface area contributed by atoms with Gasteiger partial charge in [0.25, 0.3) is 0 Å². The number of allylic oxidation sites excluding steroid dienone is 4. The Hall–Kier alpha value is 0.428. The molecule has 0 amide bonds. The van der Waals surface area contributed by atoms with E-state index in [-0.39, 0.29) is 65.4 Å². The molecule has 2 radical (unpaired) electrons. The van der Waals surface area contributed by atoms with Gasteiger partial charge >= 0.3 is 0 Å². The Morgan fingerprint density at radius 2 is 0.923 bits per heavy atom. The zero-order valence-corrected chi connectivity index (χ0v) is 21.5. The summed E-state index contributed by atoms with van der Waals surface area (Å²) in [7, 11) is 0. The van der Waals surface area contributed by atoms with Gasteiger partial charge in [0.05, 0.1) is 0 Å². The summed E-state index contributed by atoms with van der Waals surface area (Å²) >= 11 is 0. The van der Waals surface area contributed by atoms with Crippen LogP contribution < -0.4 is 0 Å². The van der Waals surface area contributed by atoms with E-state index in [4.69, 9.17) is 0 Å². The second-order valence-corrected chi connectivity index (χ2v) is 2.06. The summed E-state index contributed by atoms with van der Waals surface area (Å²) in [6.07, 6.45) is 5.67. The minimum Gasteiger partial charge on any atom is -0.532 e. The van der Waals surface area contributed by atoms with Crippen molar-refractivity contribution >= 4 is 0 Å². The van der Waals surface area contributed by atoms with Gasteiger partial charge in [-0.05, 0) is 0 Å². The van der Waals surface area contributed by atoms with Crippen LogP contribution in [0.15, 0.2) is 11.1 Å². The first kappa shape index (κ1) is 29.2. The van der Waals surface area contributed by atoms with Gasteiger partial charge in [0.1, 0.15) is 0 Å². The largest absolute Gasteiger partial charge is 0.532 e. The first-order valence-electron chi connectivity index (χ1n) is 3.21. The fraction of sp³-hybridized carbons (Fsp3) is 0.400. The molecule has 0 aliphatic rings. The third-order valence-corrected chi connectivity index (χ3v) is 0.854. The smallest absolute Gasteiger partial charge is 0 e. The van der Waals surface area contributed by atoms with Crippen molar-refractivity contribution in [2.24, 2.45) is 0 Å². The molecule has 0 atom stereocenters. The average molecular weight is 592 g/mol. The Morgan fingerprint density at radius 3 is 0.923 bits per heavy atom. The Labute approximate surface area is 128 Å². The fourth-order valence-electron chi connectivity index (χ4n) is 0. The second-order valence-electron chi connectivity index (χ2n) is 2.06. The van der Waals surface area contributed by atoms with E-state index in [1.165, 1.54) is 0 Å². The van der Waals surface area contributed by atoms with Crippen LogP contribution in [0.25, 0.3) is 0 Å². The van der Waals surface area contributed by atoms with Gasteiger partial charge in [-0.1, -0.05) is 0 Å². The molecule has 68 valence electrons. The first-order valence-corrected chi connectivity index (χ1v) is 3.21. The summed E-state index contributed by atoms with van der Waals surface area (Å²) in [6.45, 7) is 14.7. The monoisotopic (exact) mass is 592 g/mol. The van der Waals surface area contributed by atoms with Crippen LogP contribution in [0, 0.1) is 26.0 Å². The Morgan fingerprint density at radius 1 is 0.846 bits per heavy atom. The zero-order chi connectivity index (χ0) is 8.57. The van der Waals surface area contributed by atoms with Crippen molar-refractivity contribution in [3.8, 4) is 0 Å². The molecule has 0 aromatic heterocycles. The van der Waals surface area contributed by atoms with Gasteiger partial charge in [-0.15, -0.1) is 13.8 Å². The molecule has 13 heavy (non-hydrogen) atoms. The molecule has 0 spiro atoms. The maximum Gasteiger partial charge on any atom is 0 e. The van der Waals surface area contributed by atoms with Crippen molar-refractivity contribution in [1.82, 2.24) is 0 Å². The van der Waals surface area contributed by atoms with Gasteiger partial charge in [-0.25, -0.2) is 13.8 Å². The van der Waals surface area contributed by atoms with Crippen molar-refractivity contribution < 1.29 is 65.4 Å². The number of hydrogen-bond donors (Lipinski definition) is 0. The van der Waals surface area contributed by atoms with Gasteiger partial charge in [0.15, 0.2) is 0 Å². The van der Waals surface area contributed by atoms with Crippen molar-refractivity contribution in [3.05, 3.63) is 37.1 Å². The predicted molar refractivity (Wildman–Crippen MR) is 46.9 cm³/mol. The summed E-state index contributed by atoms with van der Waals surface area (Å²) in [6, 6.07) is 0. The Kier molecular flexibility index (Phi) is 51.3. The van der Waals surface area contributed by atoms with Crippen molar-refractivity contribution in [1.29, 1.82) is 0 Å². The fourth-order valence-corrected chi connectivity index (χ4v) is 0. The van der Waals surface area contributed by atoms with Gasteiger partial charge < -0.3 is 37.1 Å². The summed E-state index contributed by atoms with van der Waals surface area (Å²) in [4.78, 5) is 0. The van der Waals surface area contributed by atoms with Gasteiger partial charge in [-0.3, -0.25) is 0 Å². The van der Waals surface area contributed by atoms with E-state index in [0.29, 0.717) is 0 Å². The van der Waals surface area contributed by atoms with Gasteiger partial charge in [0, 0.05) is 65.4 Å². The third-order valence-electron chi connectivity index (χ3n) is 0.854. The molecule has 0 aromatic carbocycles. The molecular formula is C10H16MtY2-4. The molecule has 0 N–H and O–H groups in total. The molecule has 0 unspecified atom stereocenters. The maximum atomic E-state index is 3.56. The van der Waals surface area contributed by atoms with E-state index < -0.39 is 0 Å². The summed E-state index contributed by atoms with van der Waals surface area (Å²) in [5.41, 5.74) is 2.01.